The highest BCUT2D eigenvalue weighted by Crippen LogP contribution is 2.54. The number of hydrogen-bond acceptors (Lipinski definition) is 6. The molecule has 0 fully saturated rings. The van der Waals surface area contributed by atoms with Crippen molar-refractivity contribution in [3.8, 4) is 11.5 Å². The summed E-state index contributed by atoms with van der Waals surface area (Å²) in [5.74, 6) is -0.330. The van der Waals surface area contributed by atoms with Crippen LogP contribution in [-0.4, -0.2) is 39.1 Å². The van der Waals surface area contributed by atoms with Gasteiger partial charge in [0, 0.05) is 16.7 Å². The van der Waals surface area contributed by atoms with E-state index < -0.39 is 24.2 Å². The topological polar surface area (TPSA) is 104 Å². The molecule has 1 aromatic carbocycles. The number of aliphatic hydroxyl groups is 2. The molecule has 2 aliphatic rings. The van der Waals surface area contributed by atoms with E-state index in [9.17, 15) is 24.9 Å². The zero-order valence-corrected chi connectivity index (χ0v) is 15.7. The number of phenols is 1. The first-order valence-corrected chi connectivity index (χ1v) is 8.59. The number of benzene rings is 1. The van der Waals surface area contributed by atoms with Crippen molar-refractivity contribution in [3.63, 3.8) is 0 Å². The molecule has 0 spiro atoms. The zero-order valence-electron chi connectivity index (χ0n) is 15.7. The molecule has 1 aliphatic carbocycles. The third kappa shape index (κ3) is 1.94. The minimum Gasteiger partial charge on any atom is -0.507 e. The van der Waals surface area contributed by atoms with Crippen LogP contribution in [0.1, 0.15) is 43.0 Å². The van der Waals surface area contributed by atoms with E-state index in [1.165, 1.54) is 0 Å². The quantitative estimate of drug-likeness (QED) is 0.741. The molecule has 2 atom stereocenters. The van der Waals surface area contributed by atoms with Gasteiger partial charge in [-0.3, -0.25) is 9.59 Å². The number of fused-ring (bicyclic) bond motifs is 2. The highest BCUT2D eigenvalue weighted by atomic mass is 16.5. The summed E-state index contributed by atoms with van der Waals surface area (Å²) >= 11 is 0. The van der Waals surface area contributed by atoms with E-state index in [0.717, 1.165) is 0 Å². The van der Waals surface area contributed by atoms with E-state index in [1.54, 1.807) is 34.6 Å². The fourth-order valence-electron chi connectivity index (χ4n) is 4.24. The highest BCUT2D eigenvalue weighted by Gasteiger charge is 2.65. The van der Waals surface area contributed by atoms with E-state index in [-0.39, 0.29) is 29.3 Å². The van der Waals surface area contributed by atoms with Gasteiger partial charge >= 0.3 is 0 Å². The molecule has 3 rings (SSSR count). The average molecular weight is 360 g/mol. The minimum absolute atomic E-state index is 0.00903. The maximum Gasteiger partial charge on any atom is 0.203 e. The van der Waals surface area contributed by atoms with Gasteiger partial charge in [-0.2, -0.15) is 0 Å². The standard InChI is InChI=1S/C20H24O6/c1-9-10(2)16-13(14(7-21)15(9)23)6-20(8-22)18(25)12(4)11(3)17(24)19(20,5)26-16/h21-23H,6-8H2,1-5H3/t19-,20-/m1/s1. The molecular formula is C20H24O6. The van der Waals surface area contributed by atoms with Gasteiger partial charge in [0.15, 0.2) is 11.4 Å². The van der Waals surface area contributed by atoms with Gasteiger partial charge in [0.25, 0.3) is 0 Å². The van der Waals surface area contributed by atoms with Crippen molar-refractivity contribution in [1.29, 1.82) is 0 Å². The van der Waals surface area contributed by atoms with E-state index in [1.807, 2.05) is 0 Å². The van der Waals surface area contributed by atoms with E-state index >= 15 is 0 Å². The maximum atomic E-state index is 13.1. The number of Topliss-reactive ketones (excluding diaryl/α,β-unsaturated/α-hetero) is 2. The Kier molecular flexibility index (Phi) is 4.05. The lowest BCUT2D eigenvalue weighted by atomic mass is 9.57. The Bertz CT molecular complexity index is 881. The number of ketones is 2. The first kappa shape index (κ1) is 18.6. The molecule has 0 unspecified atom stereocenters. The smallest absolute Gasteiger partial charge is 0.203 e. The normalized spacial score (nSPS) is 28.0. The number of ether oxygens (including phenoxy) is 1. The Balaban J connectivity index is 2.38. The molecule has 6 heteroatoms. The Labute approximate surface area is 152 Å². The van der Waals surface area contributed by atoms with Crippen LogP contribution >= 0.6 is 0 Å². The fourth-order valence-corrected chi connectivity index (χ4v) is 4.24. The summed E-state index contributed by atoms with van der Waals surface area (Å²) in [6.45, 7) is 7.16. The number of aliphatic hydroxyl groups excluding tert-OH is 2. The lowest BCUT2D eigenvalue weighted by Crippen LogP contribution is -2.67. The third-order valence-corrected chi connectivity index (χ3v) is 6.42. The van der Waals surface area contributed by atoms with Crippen molar-refractivity contribution in [2.75, 3.05) is 6.61 Å². The second-order valence-corrected chi connectivity index (χ2v) is 7.50. The summed E-state index contributed by atoms with van der Waals surface area (Å²) in [5.41, 5.74) is -0.463. The Morgan fingerprint density at radius 3 is 2.12 bits per heavy atom. The third-order valence-electron chi connectivity index (χ3n) is 6.42. The number of allylic oxidation sites excluding steroid dienone is 1. The molecule has 0 aromatic heterocycles. The first-order chi connectivity index (χ1) is 12.1. The lowest BCUT2D eigenvalue weighted by Gasteiger charge is -2.52. The highest BCUT2D eigenvalue weighted by molar-refractivity contribution is 6.18. The molecular weight excluding hydrogens is 336 g/mol. The Hall–Kier alpha value is -2.18. The van der Waals surface area contributed by atoms with Crippen LogP contribution < -0.4 is 4.74 Å². The molecule has 1 aromatic rings. The predicted octanol–water partition coefficient (Wildman–Crippen LogP) is 1.66. The van der Waals surface area contributed by atoms with E-state index in [0.29, 0.717) is 33.6 Å². The largest absolute Gasteiger partial charge is 0.507 e. The van der Waals surface area contributed by atoms with Crippen molar-refractivity contribution >= 4 is 11.6 Å². The summed E-state index contributed by atoms with van der Waals surface area (Å²) in [5, 5.41) is 30.4. The van der Waals surface area contributed by atoms with Gasteiger partial charge < -0.3 is 20.1 Å². The first-order valence-electron chi connectivity index (χ1n) is 8.59. The summed E-state index contributed by atoms with van der Waals surface area (Å²) in [6.07, 6.45) is 0.00903. The molecule has 6 nitrogen and oxygen atoms in total. The van der Waals surface area contributed by atoms with Crippen LogP contribution in [0.2, 0.25) is 0 Å². The monoisotopic (exact) mass is 360 g/mol. The molecule has 1 aliphatic heterocycles. The summed E-state index contributed by atoms with van der Waals surface area (Å²) in [4.78, 5) is 26.2. The van der Waals surface area contributed by atoms with E-state index in [2.05, 4.69) is 0 Å². The number of carbonyl (C=O) groups is 2. The summed E-state index contributed by atoms with van der Waals surface area (Å²) < 4.78 is 6.14. The van der Waals surface area contributed by atoms with Gasteiger partial charge in [-0.05, 0) is 57.7 Å². The van der Waals surface area contributed by atoms with Gasteiger partial charge in [0.2, 0.25) is 5.78 Å². The fraction of sp³-hybridized carbons (Fsp3) is 0.500. The van der Waals surface area contributed by atoms with Crippen molar-refractivity contribution in [2.45, 2.75) is 53.2 Å². The molecule has 3 N–H and O–H groups in total. The van der Waals surface area contributed by atoms with Gasteiger partial charge in [-0.15, -0.1) is 0 Å². The van der Waals surface area contributed by atoms with Crippen LogP contribution in [0.15, 0.2) is 11.1 Å². The molecule has 0 amide bonds. The van der Waals surface area contributed by atoms with E-state index in [4.69, 9.17) is 4.74 Å². The van der Waals surface area contributed by atoms with Gasteiger partial charge in [0.1, 0.15) is 16.9 Å². The Morgan fingerprint density at radius 2 is 1.58 bits per heavy atom. The number of rotatable bonds is 2. The molecule has 140 valence electrons. The van der Waals surface area contributed by atoms with Crippen molar-refractivity contribution in [1.82, 2.24) is 0 Å². The molecule has 0 bridgehead atoms. The summed E-state index contributed by atoms with van der Waals surface area (Å²) in [7, 11) is 0. The second-order valence-electron chi connectivity index (χ2n) is 7.50. The summed E-state index contributed by atoms with van der Waals surface area (Å²) in [6, 6.07) is 0. The van der Waals surface area contributed by atoms with Crippen LogP contribution in [0.4, 0.5) is 0 Å². The van der Waals surface area contributed by atoms with Gasteiger partial charge in [-0.25, -0.2) is 0 Å². The zero-order chi connectivity index (χ0) is 19.6. The van der Waals surface area contributed by atoms with Crippen molar-refractivity contribution in [2.24, 2.45) is 5.41 Å². The lowest BCUT2D eigenvalue weighted by molar-refractivity contribution is -0.163. The van der Waals surface area contributed by atoms with Crippen LogP contribution in [0, 0.1) is 19.3 Å². The SMILES string of the molecule is CC1=C(C)C(=O)[C@@]2(C)Oc3c(C)c(C)c(O)c(CO)c3C[C@@]2(CO)C1=O. The van der Waals surface area contributed by atoms with Crippen molar-refractivity contribution < 1.29 is 29.6 Å². The van der Waals surface area contributed by atoms with Gasteiger partial charge in [0.05, 0.1) is 13.2 Å². The number of hydrogen-bond donors (Lipinski definition) is 3. The Morgan fingerprint density at radius 1 is 1.00 bits per heavy atom. The number of aromatic hydroxyl groups is 1. The molecule has 0 saturated heterocycles. The maximum absolute atomic E-state index is 13.1. The van der Waals surface area contributed by atoms with Crippen LogP contribution in [0.3, 0.4) is 0 Å². The van der Waals surface area contributed by atoms with Crippen LogP contribution in [-0.2, 0) is 22.6 Å². The predicted molar refractivity (Wildman–Crippen MR) is 94.1 cm³/mol. The molecule has 0 saturated carbocycles. The molecule has 1 heterocycles. The average Bonchev–Trinajstić information content (AvgIpc) is 2.63. The molecule has 26 heavy (non-hydrogen) atoms. The molecule has 0 radical (unpaired) electrons. The second kappa shape index (κ2) is 5.66. The van der Waals surface area contributed by atoms with Crippen molar-refractivity contribution in [3.05, 3.63) is 33.4 Å². The minimum atomic E-state index is -1.55. The van der Waals surface area contributed by atoms with Gasteiger partial charge in [-0.1, -0.05) is 0 Å². The van der Waals surface area contributed by atoms with Crippen LogP contribution in [0.25, 0.3) is 0 Å². The number of carbonyl (C=O) groups excluding carboxylic acids is 2. The van der Waals surface area contributed by atoms with Crippen LogP contribution in [0.5, 0.6) is 11.5 Å².